The Hall–Kier alpha value is -0.830. The molecule has 0 aromatic carbocycles. The molecule has 0 bridgehead atoms. The van der Waals surface area contributed by atoms with Gasteiger partial charge >= 0.3 is 5.97 Å². The van der Waals surface area contributed by atoms with Crippen LogP contribution in [0.3, 0.4) is 0 Å². The third-order valence-corrected chi connectivity index (χ3v) is 2.49. The van der Waals surface area contributed by atoms with Gasteiger partial charge in [-0.05, 0) is 20.8 Å². The van der Waals surface area contributed by atoms with E-state index in [-0.39, 0.29) is 5.57 Å². The van der Waals surface area contributed by atoms with E-state index in [1.54, 1.807) is 33.8 Å². The van der Waals surface area contributed by atoms with Crippen LogP contribution in [0.1, 0.15) is 34.6 Å². The van der Waals surface area contributed by atoms with E-state index < -0.39 is 17.0 Å². The smallest absolute Gasteiger partial charge is 0.330 e. The first-order chi connectivity index (χ1) is 5.58. The molecule has 76 valence electrons. The second-order valence-electron chi connectivity index (χ2n) is 4.41. The van der Waals surface area contributed by atoms with Crippen molar-refractivity contribution in [2.45, 2.75) is 40.2 Å². The molecule has 0 aliphatic heterocycles. The van der Waals surface area contributed by atoms with Crippen LogP contribution in [0.25, 0.3) is 0 Å². The molecular formula is C10H18O3. The van der Waals surface area contributed by atoms with E-state index in [9.17, 15) is 9.90 Å². The predicted molar refractivity (Wildman–Crippen MR) is 51.5 cm³/mol. The number of aliphatic hydroxyl groups is 1. The summed E-state index contributed by atoms with van der Waals surface area (Å²) in [5, 5.41) is 18.4. The summed E-state index contributed by atoms with van der Waals surface area (Å²) < 4.78 is 0. The van der Waals surface area contributed by atoms with Crippen molar-refractivity contribution < 1.29 is 15.0 Å². The van der Waals surface area contributed by atoms with E-state index in [2.05, 4.69) is 0 Å². The maximum atomic E-state index is 10.6. The number of carboxylic acid groups (broad SMARTS) is 1. The number of carbonyl (C=O) groups is 1. The summed E-state index contributed by atoms with van der Waals surface area (Å²) in [5.41, 5.74) is -1.22. The summed E-state index contributed by atoms with van der Waals surface area (Å²) >= 11 is 0. The second-order valence-corrected chi connectivity index (χ2v) is 4.41. The Labute approximate surface area is 79.1 Å². The van der Waals surface area contributed by atoms with Gasteiger partial charge in [-0.25, -0.2) is 4.79 Å². The highest BCUT2D eigenvalue weighted by Gasteiger charge is 2.33. The number of hydrogen-bond donors (Lipinski definition) is 2. The zero-order chi connectivity index (χ0) is 10.9. The van der Waals surface area contributed by atoms with Gasteiger partial charge < -0.3 is 10.2 Å². The predicted octanol–water partition coefficient (Wildman–Crippen LogP) is 1.81. The van der Waals surface area contributed by atoms with Crippen LogP contribution in [-0.2, 0) is 4.79 Å². The minimum Gasteiger partial charge on any atom is -0.478 e. The van der Waals surface area contributed by atoms with Gasteiger partial charge in [0.15, 0.2) is 0 Å². The van der Waals surface area contributed by atoms with Crippen LogP contribution >= 0.6 is 0 Å². The van der Waals surface area contributed by atoms with Crippen LogP contribution in [0, 0.1) is 5.41 Å². The molecule has 0 saturated heterocycles. The maximum Gasteiger partial charge on any atom is 0.330 e. The largest absolute Gasteiger partial charge is 0.478 e. The van der Waals surface area contributed by atoms with Crippen molar-refractivity contribution >= 4 is 5.97 Å². The fourth-order valence-corrected chi connectivity index (χ4v) is 0.780. The molecule has 0 atom stereocenters. The maximum absolute atomic E-state index is 10.6. The van der Waals surface area contributed by atoms with Crippen LogP contribution in [0.4, 0.5) is 0 Å². The van der Waals surface area contributed by atoms with Crippen molar-refractivity contribution in [2.24, 2.45) is 5.41 Å². The lowest BCUT2D eigenvalue weighted by Gasteiger charge is -2.34. The Morgan fingerprint density at radius 2 is 1.62 bits per heavy atom. The summed E-state index contributed by atoms with van der Waals surface area (Å²) in [7, 11) is 0. The lowest BCUT2D eigenvalue weighted by molar-refractivity contribution is -0.132. The minimum absolute atomic E-state index is 0.257. The van der Waals surface area contributed by atoms with Gasteiger partial charge in [0, 0.05) is 11.0 Å². The summed E-state index contributed by atoms with van der Waals surface area (Å²) in [6, 6.07) is 0. The third kappa shape index (κ3) is 3.19. The quantitative estimate of drug-likeness (QED) is 0.661. The first kappa shape index (κ1) is 12.2. The van der Waals surface area contributed by atoms with E-state index in [1.807, 2.05) is 0 Å². The molecule has 13 heavy (non-hydrogen) atoms. The molecule has 0 amide bonds. The second kappa shape index (κ2) is 3.50. The monoisotopic (exact) mass is 186 g/mol. The molecule has 0 aliphatic carbocycles. The Morgan fingerprint density at radius 3 is 1.85 bits per heavy atom. The van der Waals surface area contributed by atoms with Gasteiger partial charge in [-0.2, -0.15) is 0 Å². The molecule has 3 heteroatoms. The first-order valence-corrected chi connectivity index (χ1v) is 4.23. The normalized spacial score (nSPS) is 14.5. The molecule has 0 heterocycles. The van der Waals surface area contributed by atoms with Crippen LogP contribution in [0.5, 0.6) is 0 Å². The van der Waals surface area contributed by atoms with Crippen LogP contribution in [0.2, 0.25) is 0 Å². The van der Waals surface area contributed by atoms with Crippen LogP contribution < -0.4 is 0 Å². The number of carboxylic acids is 1. The molecule has 0 unspecified atom stereocenters. The van der Waals surface area contributed by atoms with Gasteiger partial charge in [-0.3, -0.25) is 0 Å². The summed E-state index contributed by atoms with van der Waals surface area (Å²) in [4.78, 5) is 10.6. The van der Waals surface area contributed by atoms with Crippen molar-refractivity contribution in [3.8, 4) is 0 Å². The number of aliphatic carboxylic acids is 1. The fourth-order valence-electron chi connectivity index (χ4n) is 0.780. The SMILES string of the molecule is CC(=CC(C)(C)C(C)(C)O)C(=O)O. The Balaban J connectivity index is 4.89. The van der Waals surface area contributed by atoms with Crippen molar-refractivity contribution in [3.05, 3.63) is 11.6 Å². The molecule has 0 saturated carbocycles. The van der Waals surface area contributed by atoms with Gasteiger partial charge in [0.1, 0.15) is 0 Å². The van der Waals surface area contributed by atoms with Gasteiger partial charge in [0.2, 0.25) is 0 Å². The lowest BCUT2D eigenvalue weighted by Crippen LogP contribution is -2.37. The molecule has 0 radical (unpaired) electrons. The molecule has 0 fully saturated rings. The Morgan fingerprint density at radius 1 is 1.23 bits per heavy atom. The fraction of sp³-hybridized carbons (Fsp3) is 0.700. The molecule has 0 aromatic heterocycles. The molecule has 0 rings (SSSR count). The van der Waals surface area contributed by atoms with E-state index >= 15 is 0 Å². The van der Waals surface area contributed by atoms with Crippen molar-refractivity contribution in [3.63, 3.8) is 0 Å². The molecule has 0 aliphatic rings. The van der Waals surface area contributed by atoms with Crippen LogP contribution in [0.15, 0.2) is 11.6 Å². The molecule has 0 aromatic rings. The average molecular weight is 186 g/mol. The van der Waals surface area contributed by atoms with E-state index in [0.29, 0.717) is 0 Å². The Bertz CT molecular complexity index is 231. The molecule has 3 nitrogen and oxygen atoms in total. The first-order valence-electron chi connectivity index (χ1n) is 4.23. The molecule has 0 spiro atoms. The minimum atomic E-state index is -0.947. The van der Waals surface area contributed by atoms with Crippen molar-refractivity contribution in [2.75, 3.05) is 0 Å². The van der Waals surface area contributed by atoms with Gasteiger partial charge in [0.05, 0.1) is 5.60 Å². The molecular weight excluding hydrogens is 168 g/mol. The number of rotatable bonds is 3. The van der Waals surface area contributed by atoms with Gasteiger partial charge in [-0.1, -0.05) is 19.9 Å². The van der Waals surface area contributed by atoms with Crippen molar-refractivity contribution in [1.29, 1.82) is 0 Å². The lowest BCUT2D eigenvalue weighted by atomic mass is 9.76. The summed E-state index contributed by atoms with van der Waals surface area (Å²) in [6.45, 7) is 8.46. The highest BCUT2D eigenvalue weighted by molar-refractivity contribution is 5.85. The highest BCUT2D eigenvalue weighted by Crippen LogP contribution is 2.32. The van der Waals surface area contributed by atoms with Gasteiger partial charge in [0.25, 0.3) is 0 Å². The molecule has 2 N–H and O–H groups in total. The number of hydrogen-bond acceptors (Lipinski definition) is 2. The van der Waals surface area contributed by atoms with Gasteiger partial charge in [-0.15, -0.1) is 0 Å². The zero-order valence-electron chi connectivity index (χ0n) is 8.88. The topological polar surface area (TPSA) is 57.5 Å². The van der Waals surface area contributed by atoms with E-state index in [0.717, 1.165) is 0 Å². The van der Waals surface area contributed by atoms with E-state index in [4.69, 9.17) is 5.11 Å². The van der Waals surface area contributed by atoms with Crippen molar-refractivity contribution in [1.82, 2.24) is 0 Å². The Kier molecular flexibility index (Phi) is 3.28. The highest BCUT2D eigenvalue weighted by atomic mass is 16.4. The summed E-state index contributed by atoms with van der Waals surface area (Å²) in [6.07, 6.45) is 1.58. The van der Waals surface area contributed by atoms with E-state index in [1.165, 1.54) is 6.92 Å². The summed E-state index contributed by atoms with van der Waals surface area (Å²) in [5.74, 6) is -0.947. The van der Waals surface area contributed by atoms with Crippen LogP contribution in [-0.4, -0.2) is 21.8 Å². The third-order valence-electron chi connectivity index (χ3n) is 2.49. The zero-order valence-corrected chi connectivity index (χ0v) is 8.88. The standard InChI is InChI=1S/C10H18O3/c1-7(8(11)12)6-9(2,3)10(4,5)13/h6,13H,1-5H3,(H,11,12). The average Bonchev–Trinajstić information content (AvgIpc) is 1.83.